The molecule has 9 aromatic heterocycles. The molecule has 15 rings (SSSR count). The zero-order valence-electron chi connectivity index (χ0n) is 77.0. The van der Waals surface area contributed by atoms with Crippen molar-refractivity contribution < 1.29 is 58.6 Å². The number of likely N-dealkylation sites (tertiary alicyclic amines) is 2. The number of fused-ring (bicyclic) bond motifs is 4. The molecule has 31 nitrogen and oxygen atoms in total. The Morgan fingerprint density at radius 1 is 0.414 bits per heavy atom. The topological polar surface area (TPSA) is 359 Å². The zero-order chi connectivity index (χ0) is 92.5. The minimum absolute atomic E-state index is 0.00180. The van der Waals surface area contributed by atoms with E-state index in [0.717, 1.165) is 115 Å². The van der Waals surface area contributed by atoms with E-state index in [2.05, 4.69) is 51.3 Å². The third-order valence-corrected chi connectivity index (χ3v) is 22.8. The smallest absolute Gasteiger partial charge is 0.340 e. The molecular weight excluding hydrogens is 1620 g/mol. The van der Waals surface area contributed by atoms with Crippen LogP contribution in [0.4, 0.5) is 0 Å². The number of imidazole rings is 1. The van der Waals surface area contributed by atoms with E-state index >= 15 is 0 Å². The van der Waals surface area contributed by atoms with E-state index in [1.807, 2.05) is 209 Å². The number of aliphatic imine (C=N–C) groups is 1. The van der Waals surface area contributed by atoms with Gasteiger partial charge in [0.1, 0.15) is 23.0 Å². The van der Waals surface area contributed by atoms with Crippen molar-refractivity contribution in [2.24, 2.45) is 44.7 Å². The van der Waals surface area contributed by atoms with Crippen molar-refractivity contribution in [2.45, 2.75) is 106 Å². The van der Waals surface area contributed by atoms with E-state index in [0.29, 0.717) is 119 Å². The summed E-state index contributed by atoms with van der Waals surface area (Å²) in [6.07, 6.45) is 24.0. The largest absolute Gasteiger partial charge is 0.507 e. The summed E-state index contributed by atoms with van der Waals surface area (Å²) >= 11 is 0. The quantitative estimate of drug-likeness (QED) is 0.0127. The van der Waals surface area contributed by atoms with E-state index in [4.69, 9.17) is 30.4 Å². The number of nitrogens with two attached hydrogens (primary N) is 2. The number of phenolic OH excluding ortho intramolecular Hbond substituents is 4. The Morgan fingerprint density at radius 3 is 1.05 bits per heavy atom. The maximum Gasteiger partial charge on any atom is 0.340 e. The Bertz CT molecular complexity index is 6060. The molecule has 31 heteroatoms. The first-order valence-corrected chi connectivity index (χ1v) is 43.1. The molecular formula is C97H123N19O12. The molecule has 0 bridgehead atoms. The summed E-state index contributed by atoms with van der Waals surface area (Å²) in [5, 5.41) is 48.1. The highest BCUT2D eigenvalue weighted by Crippen LogP contribution is 2.47. The number of carbonyl (C=O) groups is 4. The predicted octanol–water partition coefficient (Wildman–Crippen LogP) is 13.4. The number of aryl methyl sites for hydroxylation is 4. The first-order chi connectivity index (χ1) is 61.3. The van der Waals surface area contributed by atoms with Gasteiger partial charge < -0.3 is 98.2 Å². The first-order valence-electron chi connectivity index (χ1n) is 43.1. The van der Waals surface area contributed by atoms with Crippen molar-refractivity contribution in [3.63, 3.8) is 0 Å². The number of aromatic hydroxyl groups is 4. The van der Waals surface area contributed by atoms with Crippen LogP contribution in [0.5, 0.6) is 23.0 Å². The fraction of sp³-hybridized carbons (Fsp3) is 0.381. The van der Waals surface area contributed by atoms with Gasteiger partial charge in [0.05, 0.1) is 90.2 Å². The number of hydrogen-bond acceptors (Lipinski definition) is 24. The highest BCUT2D eigenvalue weighted by Gasteiger charge is 2.34. The molecule has 11 heterocycles. The number of carbonyl (C=O) groups excluding carboxylic acids is 4. The van der Waals surface area contributed by atoms with Gasteiger partial charge in [0.2, 0.25) is 0 Å². The molecule has 2 saturated heterocycles. The van der Waals surface area contributed by atoms with Gasteiger partial charge in [-0.15, -0.1) is 0 Å². The van der Waals surface area contributed by atoms with Gasteiger partial charge in [-0.2, -0.15) is 0 Å². The molecule has 0 radical (unpaired) electrons. The lowest BCUT2D eigenvalue weighted by atomic mass is 9.96. The minimum Gasteiger partial charge on any atom is -0.507 e. The molecule has 0 amide bonds. The number of rotatable bonds is 26. The molecule has 8 N–H and O–H groups in total. The molecule has 0 unspecified atom stereocenters. The van der Waals surface area contributed by atoms with E-state index in [-0.39, 0.29) is 60.7 Å². The Morgan fingerprint density at radius 2 is 0.734 bits per heavy atom. The molecule has 2 aliphatic heterocycles. The maximum atomic E-state index is 13.2. The van der Waals surface area contributed by atoms with Crippen molar-refractivity contribution in [2.75, 3.05) is 116 Å². The highest BCUT2D eigenvalue weighted by molar-refractivity contribution is 6.13. The second-order valence-corrected chi connectivity index (χ2v) is 33.0. The third-order valence-electron chi connectivity index (χ3n) is 22.8. The van der Waals surface area contributed by atoms with Crippen molar-refractivity contribution in [3.05, 3.63) is 208 Å². The third kappa shape index (κ3) is 21.4. The normalized spacial score (nSPS) is 12.8. The molecule has 0 aliphatic carbocycles. The minimum atomic E-state index is -0.454. The van der Waals surface area contributed by atoms with Gasteiger partial charge >= 0.3 is 23.9 Å². The van der Waals surface area contributed by atoms with Gasteiger partial charge in [0.25, 0.3) is 0 Å². The average Bonchev–Trinajstić information content (AvgIpc) is 1.57. The van der Waals surface area contributed by atoms with Gasteiger partial charge in [-0.25, -0.2) is 29.2 Å². The molecule has 128 heavy (non-hydrogen) atoms. The number of benzene rings is 4. The number of hydrogen-bond donors (Lipinski definition) is 6. The Balaban J connectivity index is 0.000000162. The molecule has 4 aromatic carbocycles. The van der Waals surface area contributed by atoms with Gasteiger partial charge in [0.15, 0.2) is 5.96 Å². The van der Waals surface area contributed by atoms with Gasteiger partial charge in [-0.1, -0.05) is 24.3 Å². The van der Waals surface area contributed by atoms with Crippen LogP contribution in [0.2, 0.25) is 0 Å². The number of aromatic nitrogens is 10. The second-order valence-electron chi connectivity index (χ2n) is 33.0. The van der Waals surface area contributed by atoms with Crippen LogP contribution < -0.4 is 11.5 Å². The van der Waals surface area contributed by atoms with Gasteiger partial charge in [-0.05, 0) is 198 Å². The monoisotopic (exact) mass is 1750 g/mol. The molecule has 13 aromatic rings. The van der Waals surface area contributed by atoms with Gasteiger partial charge in [0, 0.05) is 234 Å². The van der Waals surface area contributed by atoms with Crippen LogP contribution in [0, 0.1) is 6.92 Å². The number of guanidine groups is 1. The summed E-state index contributed by atoms with van der Waals surface area (Å²) in [4.78, 5) is 89.7. The standard InChI is InChI=1S/C25H32N4O3.C24H27N5O3.C22H28N6O3.C21H25N3O3.C5H11N/c1-5-32-25(31)23-21(16-27(2)3)28(4)20-13-18(17-9-8-10-26-14-17)24(30)19(22(20)23)15-29-11-6-7-12-29;1-5-32-24(31)22-20(14-27(2)3)28(4)19-11-17(16-7-6-8-25-12-16)23(30)18(21(19)22)13-29-10-9-26-15-29;1-5-31-21(30)19-17(12-27(2)3)28(4)16-9-14(13-7-6-8-25-10-13)20(29)15(18(16)19)11-26-22(23)24;1-6-27-21(26)18-13(2)24(5)17-10-15(14-8-7-9-22-11-14)20(25)16(19(17)18)12-23(3)4;1-6-4-2-3-5-6/h8-10,13-14,30H,5-7,11-12,15-16H2,1-4H3;6-12,15,30H,5,13-14H2,1-4H3;6-10,29H,5,11-12H2,1-4H3,(H4,23,24,26);7-11,25H,6,12H2,1-5H3;2-5H2,1H3. The Hall–Kier alpha value is -13.0. The molecule has 2 fully saturated rings. The molecule has 0 atom stereocenters. The number of nitrogens with zero attached hydrogens (tertiary/aromatic N) is 17. The lowest BCUT2D eigenvalue weighted by Crippen LogP contribution is -2.22. The fourth-order valence-electron chi connectivity index (χ4n) is 16.8. The summed E-state index contributed by atoms with van der Waals surface area (Å²) in [7, 11) is 25.5. The summed E-state index contributed by atoms with van der Waals surface area (Å²) in [5.41, 5.74) is 28.2. The van der Waals surface area contributed by atoms with Crippen molar-refractivity contribution in [1.29, 1.82) is 0 Å². The van der Waals surface area contributed by atoms with E-state index in [1.165, 1.54) is 25.9 Å². The predicted molar refractivity (Wildman–Crippen MR) is 501 cm³/mol. The Labute approximate surface area is 748 Å². The van der Waals surface area contributed by atoms with Crippen LogP contribution in [0.15, 0.2) is 146 Å². The lowest BCUT2D eigenvalue weighted by molar-refractivity contribution is 0.0516. The molecule has 0 saturated carbocycles. The number of esters is 4. The average molecular weight is 1750 g/mol. The maximum absolute atomic E-state index is 13.2. The number of ether oxygens (including phenoxy) is 4. The second kappa shape index (κ2) is 43.4. The summed E-state index contributed by atoms with van der Waals surface area (Å²) in [6, 6.07) is 22.6. The van der Waals surface area contributed by atoms with E-state index < -0.39 is 11.9 Å². The van der Waals surface area contributed by atoms with E-state index in [1.54, 1.807) is 88.9 Å². The van der Waals surface area contributed by atoms with Crippen molar-refractivity contribution in [1.82, 2.24) is 77.2 Å². The number of pyridine rings is 4. The zero-order valence-corrected chi connectivity index (χ0v) is 77.0. The Kier molecular flexibility index (Phi) is 32.4. The fourth-order valence-corrected chi connectivity index (χ4v) is 16.8. The molecule has 678 valence electrons. The van der Waals surface area contributed by atoms with Crippen LogP contribution in [0.25, 0.3) is 88.1 Å². The SMILES string of the molecule is CCOC(=O)c1c(C)n(C)c2cc(-c3cccnc3)c(O)c(CN(C)C)c12.CCOC(=O)c1c(CN(C)C)n(C)c2cc(-c3cccnc3)c(O)c(CN3CCCC3)c12.CCOC(=O)c1c(CN(C)C)n(C)c2cc(-c3cccnc3)c(O)c(CN=C(N)N)c12.CCOC(=O)c1c(CN(C)C)n(C)c2cc(-c3cccnc3)c(O)c(Cn3ccnc3)c12.CN1CCCC1. The molecule has 0 spiro atoms. The summed E-state index contributed by atoms with van der Waals surface area (Å²) in [5.74, 6) is -1.17. The van der Waals surface area contributed by atoms with Crippen LogP contribution in [0.3, 0.4) is 0 Å². The first kappa shape index (κ1) is 95.6. The van der Waals surface area contributed by atoms with E-state index in [9.17, 15) is 39.6 Å². The summed E-state index contributed by atoms with van der Waals surface area (Å²) in [6.45, 7) is 17.9. The molecule has 2 aliphatic rings. The lowest BCUT2D eigenvalue weighted by Gasteiger charge is -2.19. The van der Waals surface area contributed by atoms with Gasteiger partial charge in [-0.3, -0.25) is 24.8 Å². The highest BCUT2D eigenvalue weighted by atomic mass is 16.5. The van der Waals surface area contributed by atoms with Crippen LogP contribution in [0.1, 0.15) is 140 Å². The summed E-state index contributed by atoms with van der Waals surface area (Å²) < 4.78 is 31.4. The van der Waals surface area contributed by atoms with Crippen LogP contribution in [-0.4, -0.2) is 243 Å². The van der Waals surface area contributed by atoms with Crippen LogP contribution in [-0.2, 0) is 93.0 Å². The van der Waals surface area contributed by atoms with Crippen molar-refractivity contribution in [3.8, 4) is 67.5 Å². The number of phenols is 4. The van der Waals surface area contributed by atoms with Crippen molar-refractivity contribution >= 4 is 73.4 Å². The van der Waals surface area contributed by atoms with Crippen LogP contribution >= 0.6 is 0 Å².